The molecule has 21 heavy (non-hydrogen) atoms. The molecule has 0 spiro atoms. The van der Waals surface area contributed by atoms with Crippen molar-refractivity contribution in [2.24, 2.45) is 17.6 Å². The Labute approximate surface area is 124 Å². The molecule has 1 rings (SSSR count). The van der Waals surface area contributed by atoms with Gasteiger partial charge in [-0.25, -0.2) is 9.78 Å². The second-order valence-electron chi connectivity index (χ2n) is 5.67. The summed E-state index contributed by atoms with van der Waals surface area (Å²) >= 11 is 0. The van der Waals surface area contributed by atoms with Crippen LogP contribution in [0.1, 0.15) is 32.4 Å². The lowest BCUT2D eigenvalue weighted by atomic mass is 9.94. The lowest BCUT2D eigenvalue weighted by Gasteiger charge is -2.19. The van der Waals surface area contributed by atoms with Crippen LogP contribution in [-0.4, -0.2) is 39.5 Å². The Hall–Kier alpha value is -1.89. The standard InChI is InChI=1S/C14H24N4O3/c1-9(2)3-10(6-15)4-13(19)18-12(14(20)21)5-11-7-16-8-17-11/h7-10,12H,3-6,15H2,1-2H3,(H,16,17)(H,18,19)(H,20,21)/t10?,12-/m1/s1. The maximum atomic E-state index is 12.0. The largest absolute Gasteiger partial charge is 0.480 e. The molecule has 0 aliphatic carbocycles. The van der Waals surface area contributed by atoms with E-state index in [1.807, 2.05) is 0 Å². The first-order chi connectivity index (χ1) is 9.92. The van der Waals surface area contributed by atoms with Gasteiger partial charge in [0.15, 0.2) is 0 Å². The minimum atomic E-state index is -1.06. The highest BCUT2D eigenvalue weighted by molar-refractivity contribution is 5.83. The summed E-state index contributed by atoms with van der Waals surface area (Å²) in [7, 11) is 0. The number of aromatic amines is 1. The van der Waals surface area contributed by atoms with Crippen LogP contribution in [0, 0.1) is 11.8 Å². The van der Waals surface area contributed by atoms with Crippen LogP contribution in [0.2, 0.25) is 0 Å². The van der Waals surface area contributed by atoms with Crippen molar-refractivity contribution in [3.63, 3.8) is 0 Å². The first-order valence-electron chi connectivity index (χ1n) is 7.11. The molecule has 0 fully saturated rings. The number of H-pyrrole nitrogens is 1. The Morgan fingerprint density at radius 2 is 2.19 bits per heavy atom. The van der Waals surface area contributed by atoms with Crippen molar-refractivity contribution < 1.29 is 14.7 Å². The molecule has 118 valence electrons. The molecular formula is C14H24N4O3. The van der Waals surface area contributed by atoms with Crippen LogP contribution < -0.4 is 11.1 Å². The van der Waals surface area contributed by atoms with E-state index in [4.69, 9.17) is 5.73 Å². The van der Waals surface area contributed by atoms with Gasteiger partial charge in [0.2, 0.25) is 5.91 Å². The zero-order valence-corrected chi connectivity index (χ0v) is 12.5. The summed E-state index contributed by atoms with van der Waals surface area (Å²) in [5.74, 6) is -0.817. The monoisotopic (exact) mass is 296 g/mol. The topological polar surface area (TPSA) is 121 Å². The fraction of sp³-hybridized carbons (Fsp3) is 0.643. The van der Waals surface area contributed by atoms with Crippen LogP contribution in [0.15, 0.2) is 12.5 Å². The van der Waals surface area contributed by atoms with Crippen molar-refractivity contribution >= 4 is 11.9 Å². The highest BCUT2D eigenvalue weighted by atomic mass is 16.4. The maximum absolute atomic E-state index is 12.0. The van der Waals surface area contributed by atoms with Crippen molar-refractivity contribution in [1.82, 2.24) is 15.3 Å². The van der Waals surface area contributed by atoms with Crippen LogP contribution in [0.5, 0.6) is 0 Å². The van der Waals surface area contributed by atoms with Gasteiger partial charge in [0, 0.05) is 24.7 Å². The van der Waals surface area contributed by atoms with Crippen molar-refractivity contribution in [2.75, 3.05) is 6.54 Å². The maximum Gasteiger partial charge on any atom is 0.326 e. The molecule has 0 radical (unpaired) electrons. The van der Waals surface area contributed by atoms with Gasteiger partial charge in [0.1, 0.15) is 6.04 Å². The lowest BCUT2D eigenvalue weighted by molar-refractivity contribution is -0.142. The molecular weight excluding hydrogens is 272 g/mol. The van der Waals surface area contributed by atoms with E-state index in [-0.39, 0.29) is 24.7 Å². The highest BCUT2D eigenvalue weighted by Crippen LogP contribution is 2.14. The van der Waals surface area contributed by atoms with Gasteiger partial charge in [-0.15, -0.1) is 0 Å². The van der Waals surface area contributed by atoms with Crippen molar-refractivity contribution in [2.45, 2.75) is 39.2 Å². The fourth-order valence-electron chi connectivity index (χ4n) is 2.26. The molecule has 0 aliphatic rings. The molecule has 1 heterocycles. The number of rotatable bonds is 9. The molecule has 7 nitrogen and oxygen atoms in total. The third-order valence-electron chi connectivity index (χ3n) is 3.22. The molecule has 1 amide bonds. The van der Waals surface area contributed by atoms with E-state index in [1.165, 1.54) is 6.33 Å². The summed E-state index contributed by atoms with van der Waals surface area (Å²) in [6, 6.07) is -0.963. The molecule has 0 saturated carbocycles. The van der Waals surface area contributed by atoms with Gasteiger partial charge in [-0.05, 0) is 24.8 Å². The second kappa shape index (κ2) is 8.41. The summed E-state index contributed by atoms with van der Waals surface area (Å²) in [5, 5.41) is 11.7. The first-order valence-corrected chi connectivity index (χ1v) is 7.11. The average Bonchev–Trinajstić information content (AvgIpc) is 2.89. The van der Waals surface area contributed by atoms with Crippen molar-refractivity contribution in [3.05, 3.63) is 18.2 Å². The fourth-order valence-corrected chi connectivity index (χ4v) is 2.26. The third-order valence-corrected chi connectivity index (χ3v) is 3.22. The summed E-state index contributed by atoms with van der Waals surface area (Å²) in [5.41, 5.74) is 6.33. The zero-order chi connectivity index (χ0) is 15.8. The number of carbonyl (C=O) groups excluding carboxylic acids is 1. The van der Waals surface area contributed by atoms with Gasteiger partial charge in [0.25, 0.3) is 0 Å². The molecule has 0 bridgehead atoms. The van der Waals surface area contributed by atoms with Gasteiger partial charge >= 0.3 is 5.97 Å². The molecule has 0 aromatic carbocycles. The quantitative estimate of drug-likeness (QED) is 0.529. The Bertz CT molecular complexity index is 445. The van der Waals surface area contributed by atoms with Crippen molar-refractivity contribution in [3.8, 4) is 0 Å². The molecule has 1 aromatic heterocycles. The molecule has 1 aromatic rings. The number of carboxylic acids is 1. The average molecular weight is 296 g/mol. The number of amides is 1. The Morgan fingerprint density at radius 3 is 2.67 bits per heavy atom. The molecule has 2 atom stereocenters. The predicted molar refractivity (Wildman–Crippen MR) is 78.5 cm³/mol. The van der Waals surface area contributed by atoms with E-state index < -0.39 is 12.0 Å². The predicted octanol–water partition coefficient (Wildman–Crippen LogP) is 0.533. The summed E-state index contributed by atoms with van der Waals surface area (Å²) in [6.07, 6.45) is 4.30. The van der Waals surface area contributed by atoms with E-state index in [9.17, 15) is 14.7 Å². The van der Waals surface area contributed by atoms with Crippen LogP contribution in [-0.2, 0) is 16.0 Å². The van der Waals surface area contributed by atoms with Gasteiger partial charge in [-0.2, -0.15) is 0 Å². The van der Waals surface area contributed by atoms with Crippen LogP contribution in [0.3, 0.4) is 0 Å². The van der Waals surface area contributed by atoms with E-state index in [2.05, 4.69) is 29.1 Å². The van der Waals surface area contributed by atoms with E-state index in [0.29, 0.717) is 18.2 Å². The van der Waals surface area contributed by atoms with Crippen molar-refractivity contribution in [1.29, 1.82) is 0 Å². The molecule has 0 aliphatic heterocycles. The van der Waals surface area contributed by atoms with E-state index in [0.717, 1.165) is 6.42 Å². The number of nitrogens with one attached hydrogen (secondary N) is 2. The molecule has 0 saturated heterocycles. The summed E-state index contributed by atoms with van der Waals surface area (Å²) < 4.78 is 0. The van der Waals surface area contributed by atoms with Gasteiger partial charge in [0.05, 0.1) is 6.33 Å². The van der Waals surface area contributed by atoms with Crippen LogP contribution in [0.4, 0.5) is 0 Å². The van der Waals surface area contributed by atoms with Gasteiger partial charge < -0.3 is 21.1 Å². The third kappa shape index (κ3) is 6.40. The van der Waals surface area contributed by atoms with E-state index >= 15 is 0 Å². The molecule has 1 unspecified atom stereocenters. The highest BCUT2D eigenvalue weighted by Gasteiger charge is 2.22. The number of carboxylic acid groups (broad SMARTS) is 1. The smallest absolute Gasteiger partial charge is 0.326 e. The Balaban J connectivity index is 2.54. The second-order valence-corrected chi connectivity index (χ2v) is 5.67. The summed E-state index contributed by atoms with van der Waals surface area (Å²) in [6.45, 7) is 4.56. The Morgan fingerprint density at radius 1 is 1.48 bits per heavy atom. The van der Waals surface area contributed by atoms with Gasteiger partial charge in [-0.1, -0.05) is 13.8 Å². The van der Waals surface area contributed by atoms with E-state index in [1.54, 1.807) is 6.20 Å². The Kier molecular flexibility index (Phi) is 6.87. The minimum Gasteiger partial charge on any atom is -0.480 e. The lowest BCUT2D eigenvalue weighted by Crippen LogP contribution is -2.43. The number of hydrogen-bond acceptors (Lipinski definition) is 4. The number of aliphatic carboxylic acids is 1. The molecule has 7 heteroatoms. The number of nitrogens with zero attached hydrogens (tertiary/aromatic N) is 1. The SMILES string of the molecule is CC(C)CC(CN)CC(=O)N[C@H](Cc1cnc[nH]1)C(=O)O. The van der Waals surface area contributed by atoms with Crippen LogP contribution >= 0.6 is 0 Å². The minimum absolute atomic E-state index is 0.0756. The number of nitrogens with two attached hydrogens (primary N) is 1. The summed E-state index contributed by atoms with van der Waals surface area (Å²) in [4.78, 5) is 29.9. The number of imidazole rings is 1. The van der Waals surface area contributed by atoms with Gasteiger partial charge in [-0.3, -0.25) is 4.79 Å². The zero-order valence-electron chi connectivity index (χ0n) is 12.5. The normalized spacial score (nSPS) is 13.9. The number of aromatic nitrogens is 2. The van der Waals surface area contributed by atoms with Crippen LogP contribution in [0.25, 0.3) is 0 Å². The molecule has 5 N–H and O–H groups in total. The number of carbonyl (C=O) groups is 2. The number of hydrogen-bond donors (Lipinski definition) is 4. The first kappa shape index (κ1) is 17.2.